The molecular formula is C18H18O6. The summed E-state index contributed by atoms with van der Waals surface area (Å²) in [5.74, 6) is -2.75. The van der Waals surface area contributed by atoms with Crippen LogP contribution in [0.1, 0.15) is 44.6 Å². The summed E-state index contributed by atoms with van der Waals surface area (Å²) in [6.45, 7) is 1.28. The molecule has 0 bridgehead atoms. The lowest BCUT2D eigenvalue weighted by molar-refractivity contribution is -0.244. The third kappa shape index (κ3) is 3.32. The standard InChI is InChI=1S/C18H18O6/c1-12(19)22-15-8-4-3-7-13(15)11-14-16(20)23-18(24-17(14)21)9-5-2-6-10-18/h3-4,7-8,11H,2,5-6,9-10H2,1H3. The van der Waals surface area contributed by atoms with Gasteiger partial charge >= 0.3 is 17.9 Å². The van der Waals surface area contributed by atoms with E-state index in [0.717, 1.165) is 19.3 Å². The Morgan fingerprint density at radius 1 is 1.08 bits per heavy atom. The molecule has 1 aliphatic carbocycles. The Morgan fingerprint density at radius 2 is 1.71 bits per heavy atom. The predicted molar refractivity (Wildman–Crippen MR) is 83.7 cm³/mol. The van der Waals surface area contributed by atoms with Gasteiger partial charge in [-0.05, 0) is 25.0 Å². The summed E-state index contributed by atoms with van der Waals surface area (Å²) in [4.78, 5) is 35.8. The van der Waals surface area contributed by atoms with Gasteiger partial charge in [0.2, 0.25) is 0 Å². The van der Waals surface area contributed by atoms with Crippen molar-refractivity contribution in [1.82, 2.24) is 0 Å². The molecule has 2 fully saturated rings. The number of carbonyl (C=O) groups excluding carboxylic acids is 3. The number of carbonyl (C=O) groups is 3. The topological polar surface area (TPSA) is 78.9 Å². The Bertz CT molecular complexity index is 690. The van der Waals surface area contributed by atoms with Crippen LogP contribution in [-0.4, -0.2) is 23.7 Å². The van der Waals surface area contributed by atoms with Crippen LogP contribution in [0.15, 0.2) is 29.8 Å². The third-order valence-corrected chi connectivity index (χ3v) is 4.09. The molecule has 0 aromatic heterocycles. The number of ether oxygens (including phenoxy) is 3. The molecular weight excluding hydrogens is 312 g/mol. The predicted octanol–water partition coefficient (Wildman–Crippen LogP) is 2.76. The van der Waals surface area contributed by atoms with Crippen molar-refractivity contribution in [1.29, 1.82) is 0 Å². The summed E-state index contributed by atoms with van der Waals surface area (Å²) in [5.41, 5.74) is 0.224. The van der Waals surface area contributed by atoms with Crippen molar-refractivity contribution in [3.63, 3.8) is 0 Å². The zero-order valence-electron chi connectivity index (χ0n) is 13.4. The first-order valence-corrected chi connectivity index (χ1v) is 7.95. The van der Waals surface area contributed by atoms with Crippen molar-refractivity contribution >= 4 is 24.0 Å². The number of para-hydroxylation sites is 1. The van der Waals surface area contributed by atoms with Crippen LogP contribution in [-0.2, 0) is 23.9 Å². The van der Waals surface area contributed by atoms with Gasteiger partial charge in [0.1, 0.15) is 11.3 Å². The highest BCUT2D eigenvalue weighted by Crippen LogP contribution is 2.37. The van der Waals surface area contributed by atoms with Crippen molar-refractivity contribution < 1.29 is 28.6 Å². The molecule has 1 spiro atoms. The molecule has 0 N–H and O–H groups in total. The fourth-order valence-corrected chi connectivity index (χ4v) is 2.97. The van der Waals surface area contributed by atoms with Crippen LogP contribution in [0.3, 0.4) is 0 Å². The first kappa shape index (κ1) is 16.2. The molecule has 0 unspecified atom stereocenters. The van der Waals surface area contributed by atoms with E-state index in [9.17, 15) is 14.4 Å². The Morgan fingerprint density at radius 3 is 2.33 bits per heavy atom. The van der Waals surface area contributed by atoms with Gasteiger partial charge in [-0.1, -0.05) is 24.6 Å². The number of hydrogen-bond acceptors (Lipinski definition) is 6. The van der Waals surface area contributed by atoms with Crippen molar-refractivity contribution in [3.8, 4) is 5.75 Å². The van der Waals surface area contributed by atoms with Crippen LogP contribution >= 0.6 is 0 Å². The molecule has 2 aliphatic rings. The lowest BCUT2D eigenvalue weighted by atomic mass is 9.93. The van der Waals surface area contributed by atoms with E-state index in [1.807, 2.05) is 0 Å². The molecule has 1 aromatic rings. The molecule has 126 valence electrons. The average Bonchev–Trinajstić information content (AvgIpc) is 2.52. The van der Waals surface area contributed by atoms with Gasteiger partial charge in [-0.15, -0.1) is 0 Å². The normalized spacial score (nSPS) is 19.5. The van der Waals surface area contributed by atoms with Crippen molar-refractivity contribution in [3.05, 3.63) is 35.4 Å². The molecule has 1 saturated heterocycles. The maximum Gasteiger partial charge on any atom is 0.348 e. The van der Waals surface area contributed by atoms with E-state index in [4.69, 9.17) is 14.2 Å². The molecule has 6 heteroatoms. The zero-order chi connectivity index (χ0) is 17.2. The quantitative estimate of drug-likeness (QED) is 0.359. The Hall–Kier alpha value is -2.63. The van der Waals surface area contributed by atoms with E-state index in [0.29, 0.717) is 18.4 Å². The van der Waals surface area contributed by atoms with E-state index in [1.54, 1.807) is 24.3 Å². The van der Waals surface area contributed by atoms with Crippen LogP contribution in [0.4, 0.5) is 0 Å². The van der Waals surface area contributed by atoms with Gasteiger partial charge in [-0.25, -0.2) is 9.59 Å². The monoisotopic (exact) mass is 330 g/mol. The molecule has 6 nitrogen and oxygen atoms in total. The van der Waals surface area contributed by atoms with Gasteiger partial charge in [0, 0.05) is 25.3 Å². The fourth-order valence-electron chi connectivity index (χ4n) is 2.97. The zero-order valence-corrected chi connectivity index (χ0v) is 13.4. The molecule has 0 atom stereocenters. The lowest BCUT2D eigenvalue weighted by Gasteiger charge is -2.38. The molecule has 0 amide bonds. The molecule has 1 aliphatic heterocycles. The summed E-state index contributed by atoms with van der Waals surface area (Å²) < 4.78 is 15.9. The van der Waals surface area contributed by atoms with Gasteiger partial charge in [-0.2, -0.15) is 0 Å². The van der Waals surface area contributed by atoms with Crippen LogP contribution in [0, 0.1) is 0 Å². The Balaban J connectivity index is 1.88. The second kappa shape index (κ2) is 6.47. The summed E-state index contributed by atoms with van der Waals surface area (Å²) >= 11 is 0. The van der Waals surface area contributed by atoms with Crippen molar-refractivity contribution in [2.75, 3.05) is 0 Å². The maximum absolute atomic E-state index is 12.3. The lowest BCUT2D eigenvalue weighted by Crippen LogP contribution is -2.47. The summed E-state index contributed by atoms with van der Waals surface area (Å²) in [5, 5.41) is 0. The molecule has 3 rings (SSSR count). The first-order valence-electron chi connectivity index (χ1n) is 7.95. The van der Waals surface area contributed by atoms with Gasteiger partial charge < -0.3 is 14.2 Å². The number of esters is 3. The minimum atomic E-state index is -1.11. The van der Waals surface area contributed by atoms with Crippen LogP contribution < -0.4 is 4.74 Å². The van der Waals surface area contributed by atoms with E-state index in [1.165, 1.54) is 13.0 Å². The largest absolute Gasteiger partial charge is 0.426 e. The van der Waals surface area contributed by atoms with Gasteiger partial charge in [0.15, 0.2) is 0 Å². The van der Waals surface area contributed by atoms with E-state index < -0.39 is 23.7 Å². The molecule has 1 saturated carbocycles. The van der Waals surface area contributed by atoms with Crippen molar-refractivity contribution in [2.24, 2.45) is 0 Å². The highest BCUT2D eigenvalue weighted by atomic mass is 16.7. The molecule has 1 heterocycles. The van der Waals surface area contributed by atoms with Gasteiger partial charge in [0.05, 0.1) is 0 Å². The summed E-state index contributed by atoms with van der Waals surface area (Å²) in [7, 11) is 0. The third-order valence-electron chi connectivity index (χ3n) is 4.09. The minimum Gasteiger partial charge on any atom is -0.426 e. The summed E-state index contributed by atoms with van der Waals surface area (Å²) in [6, 6.07) is 6.61. The van der Waals surface area contributed by atoms with Gasteiger partial charge in [0.25, 0.3) is 5.79 Å². The number of benzene rings is 1. The van der Waals surface area contributed by atoms with Crippen LogP contribution in [0.2, 0.25) is 0 Å². The smallest absolute Gasteiger partial charge is 0.348 e. The Labute approximate surface area is 139 Å². The Kier molecular flexibility index (Phi) is 4.38. The van der Waals surface area contributed by atoms with Crippen LogP contribution in [0.5, 0.6) is 5.75 Å². The number of hydrogen-bond donors (Lipinski definition) is 0. The van der Waals surface area contributed by atoms with Gasteiger partial charge in [-0.3, -0.25) is 4.79 Å². The molecule has 24 heavy (non-hydrogen) atoms. The SMILES string of the molecule is CC(=O)Oc1ccccc1C=C1C(=O)OC2(CCCCC2)OC1=O. The van der Waals surface area contributed by atoms with E-state index >= 15 is 0 Å². The highest BCUT2D eigenvalue weighted by molar-refractivity contribution is 6.19. The first-order chi connectivity index (χ1) is 11.5. The average molecular weight is 330 g/mol. The van der Waals surface area contributed by atoms with E-state index in [-0.39, 0.29) is 11.3 Å². The molecule has 0 radical (unpaired) electrons. The van der Waals surface area contributed by atoms with E-state index in [2.05, 4.69) is 0 Å². The highest BCUT2D eigenvalue weighted by Gasteiger charge is 2.46. The minimum absolute atomic E-state index is 0.203. The van der Waals surface area contributed by atoms with Crippen molar-refractivity contribution in [2.45, 2.75) is 44.8 Å². The second-order valence-electron chi connectivity index (χ2n) is 5.94. The fraction of sp³-hybridized carbons (Fsp3) is 0.389. The second-order valence-corrected chi connectivity index (χ2v) is 5.94. The van der Waals surface area contributed by atoms with Crippen LogP contribution in [0.25, 0.3) is 6.08 Å². The number of rotatable bonds is 2. The maximum atomic E-state index is 12.3. The summed E-state index contributed by atoms with van der Waals surface area (Å²) in [6.07, 6.45) is 5.14. The molecule has 1 aromatic carbocycles.